The topological polar surface area (TPSA) is 41.9 Å². The summed E-state index contributed by atoms with van der Waals surface area (Å²) in [5.74, 6) is 1.23. The third kappa shape index (κ3) is 3.44. The van der Waals surface area contributed by atoms with Gasteiger partial charge in [-0.3, -0.25) is 0 Å². The van der Waals surface area contributed by atoms with Gasteiger partial charge in [-0.05, 0) is 60.3 Å². The Hall–Kier alpha value is -3.28. The van der Waals surface area contributed by atoms with Crippen molar-refractivity contribution in [2.24, 2.45) is 11.8 Å². The molecule has 1 aliphatic carbocycles. The molecule has 1 aliphatic heterocycles. The third-order valence-corrected chi connectivity index (χ3v) is 6.81. The number of hydrogen-bond donors (Lipinski definition) is 2. The molecule has 3 aromatic carbocycles. The van der Waals surface area contributed by atoms with Gasteiger partial charge in [0.1, 0.15) is 5.82 Å². The van der Waals surface area contributed by atoms with Gasteiger partial charge in [-0.25, -0.2) is 9.07 Å². The van der Waals surface area contributed by atoms with Crippen LogP contribution < -0.4 is 10.6 Å². The average Bonchev–Trinajstić information content (AvgIpc) is 3.17. The predicted molar refractivity (Wildman–Crippen MR) is 125 cm³/mol. The van der Waals surface area contributed by atoms with E-state index in [0.29, 0.717) is 18.2 Å². The molecule has 6 rings (SSSR count). The van der Waals surface area contributed by atoms with Crippen LogP contribution in [0.1, 0.15) is 5.56 Å². The molecule has 0 bridgehead atoms. The Balaban J connectivity index is 1.34. The summed E-state index contributed by atoms with van der Waals surface area (Å²) in [6.45, 7) is 2.87. The zero-order valence-electron chi connectivity index (χ0n) is 17.7. The second-order valence-electron chi connectivity index (χ2n) is 8.72. The van der Waals surface area contributed by atoms with E-state index in [4.69, 9.17) is 0 Å². The molecule has 1 aromatic heterocycles. The van der Waals surface area contributed by atoms with E-state index < -0.39 is 0 Å². The summed E-state index contributed by atoms with van der Waals surface area (Å²) in [6, 6.07) is 26.1. The fraction of sp³-hybridized carbons (Fsp3) is 0.222. The Morgan fingerprint density at radius 1 is 0.875 bits per heavy atom. The summed E-state index contributed by atoms with van der Waals surface area (Å²) in [7, 11) is 0. The molecular formula is C27H25FN4. The van der Waals surface area contributed by atoms with Gasteiger partial charge in [-0.1, -0.05) is 54.6 Å². The Morgan fingerprint density at radius 3 is 2.31 bits per heavy atom. The van der Waals surface area contributed by atoms with E-state index in [1.54, 1.807) is 6.07 Å². The van der Waals surface area contributed by atoms with Gasteiger partial charge >= 0.3 is 0 Å². The molecule has 32 heavy (non-hydrogen) atoms. The lowest BCUT2D eigenvalue weighted by Gasteiger charge is -2.13. The summed E-state index contributed by atoms with van der Waals surface area (Å²) in [4.78, 5) is 0. The van der Waals surface area contributed by atoms with Crippen molar-refractivity contribution >= 4 is 0 Å². The Morgan fingerprint density at radius 2 is 1.56 bits per heavy atom. The van der Waals surface area contributed by atoms with E-state index in [-0.39, 0.29) is 5.82 Å². The van der Waals surface area contributed by atoms with Crippen molar-refractivity contribution < 1.29 is 4.39 Å². The SMILES string of the molecule is Fc1ccccc1-c1c(CNC2C3CNCC32)cnn1-c1ccc(-c2ccccc2)cc1. The first-order valence-corrected chi connectivity index (χ1v) is 11.2. The first-order valence-electron chi connectivity index (χ1n) is 11.2. The lowest BCUT2D eigenvalue weighted by Crippen LogP contribution is -2.27. The number of nitrogens with zero attached hydrogens (tertiary/aromatic N) is 2. The molecule has 2 N–H and O–H groups in total. The molecule has 2 aliphatic rings. The standard InChI is InChI=1S/C27H25FN4/c28-25-9-5-4-8-22(25)27-20(14-30-26-23-16-29-17-24(23)26)15-31-32(27)21-12-10-19(11-13-21)18-6-2-1-3-7-18/h1-13,15,23-24,26,29-30H,14,16-17H2. The second kappa shape index (κ2) is 8.01. The van der Waals surface area contributed by atoms with E-state index in [2.05, 4.69) is 40.0 Å². The largest absolute Gasteiger partial charge is 0.316 e. The summed E-state index contributed by atoms with van der Waals surface area (Å²) in [6.07, 6.45) is 1.87. The minimum Gasteiger partial charge on any atom is -0.316 e. The van der Waals surface area contributed by atoms with E-state index in [0.717, 1.165) is 47.4 Å². The molecule has 1 saturated heterocycles. The summed E-state index contributed by atoms with van der Waals surface area (Å²) in [5, 5.41) is 11.8. The maximum absolute atomic E-state index is 14.8. The Bertz CT molecular complexity index is 1220. The van der Waals surface area contributed by atoms with E-state index in [1.807, 2.05) is 53.3 Å². The van der Waals surface area contributed by atoms with Gasteiger partial charge in [0, 0.05) is 23.7 Å². The average molecular weight is 425 g/mol. The van der Waals surface area contributed by atoms with E-state index in [1.165, 1.54) is 11.6 Å². The van der Waals surface area contributed by atoms with Gasteiger partial charge in [-0.2, -0.15) is 5.10 Å². The van der Waals surface area contributed by atoms with Gasteiger partial charge in [0.25, 0.3) is 0 Å². The Labute approximate surface area is 187 Å². The van der Waals surface area contributed by atoms with Crippen LogP contribution in [0.2, 0.25) is 0 Å². The van der Waals surface area contributed by atoms with Crippen LogP contribution in [0.3, 0.4) is 0 Å². The number of hydrogen-bond acceptors (Lipinski definition) is 3. The molecule has 0 amide bonds. The smallest absolute Gasteiger partial charge is 0.132 e. The van der Waals surface area contributed by atoms with Crippen LogP contribution in [0.4, 0.5) is 4.39 Å². The van der Waals surface area contributed by atoms with Crippen molar-refractivity contribution in [2.75, 3.05) is 13.1 Å². The van der Waals surface area contributed by atoms with Crippen LogP contribution in [0.15, 0.2) is 85.1 Å². The highest BCUT2D eigenvalue weighted by Crippen LogP contribution is 2.42. The number of halogens is 1. The summed E-state index contributed by atoms with van der Waals surface area (Å²) >= 11 is 0. The van der Waals surface area contributed by atoms with Crippen molar-refractivity contribution in [1.82, 2.24) is 20.4 Å². The quantitative estimate of drug-likeness (QED) is 0.473. The molecule has 0 spiro atoms. The highest BCUT2D eigenvalue weighted by Gasteiger charge is 2.52. The van der Waals surface area contributed by atoms with Crippen molar-refractivity contribution in [3.05, 3.63) is 96.4 Å². The maximum Gasteiger partial charge on any atom is 0.132 e. The van der Waals surface area contributed by atoms with Gasteiger partial charge in [0.2, 0.25) is 0 Å². The second-order valence-corrected chi connectivity index (χ2v) is 8.72. The summed E-state index contributed by atoms with van der Waals surface area (Å²) < 4.78 is 16.7. The highest BCUT2D eigenvalue weighted by atomic mass is 19.1. The van der Waals surface area contributed by atoms with Gasteiger partial charge < -0.3 is 10.6 Å². The van der Waals surface area contributed by atoms with E-state index >= 15 is 0 Å². The van der Waals surface area contributed by atoms with Crippen LogP contribution >= 0.6 is 0 Å². The Kier molecular flexibility index (Phi) is 4.86. The van der Waals surface area contributed by atoms with Crippen LogP contribution in [0, 0.1) is 17.7 Å². The normalized spacial score (nSPS) is 21.5. The zero-order chi connectivity index (χ0) is 21.5. The first-order chi connectivity index (χ1) is 15.8. The molecule has 2 atom stereocenters. The zero-order valence-corrected chi connectivity index (χ0v) is 17.7. The predicted octanol–water partition coefficient (Wildman–Crippen LogP) is 4.65. The lowest BCUT2D eigenvalue weighted by molar-refractivity contribution is 0.566. The fourth-order valence-corrected chi connectivity index (χ4v) is 5.02. The fourth-order valence-electron chi connectivity index (χ4n) is 5.02. The molecule has 2 fully saturated rings. The third-order valence-electron chi connectivity index (χ3n) is 6.81. The molecule has 4 aromatic rings. The van der Waals surface area contributed by atoms with Gasteiger partial charge in [0.15, 0.2) is 0 Å². The molecule has 4 nitrogen and oxygen atoms in total. The highest BCUT2D eigenvalue weighted by molar-refractivity contribution is 5.68. The maximum atomic E-state index is 14.8. The summed E-state index contributed by atoms with van der Waals surface area (Å²) in [5.41, 5.74) is 5.63. The number of fused-ring (bicyclic) bond motifs is 1. The number of benzene rings is 3. The van der Waals surface area contributed by atoms with Crippen LogP contribution in [-0.2, 0) is 6.54 Å². The number of piperidine rings is 1. The van der Waals surface area contributed by atoms with Crippen molar-refractivity contribution in [3.8, 4) is 28.1 Å². The van der Waals surface area contributed by atoms with Crippen LogP contribution in [0.25, 0.3) is 28.1 Å². The number of nitrogens with one attached hydrogen (secondary N) is 2. The molecular weight excluding hydrogens is 399 g/mol. The molecule has 1 saturated carbocycles. The minimum absolute atomic E-state index is 0.233. The van der Waals surface area contributed by atoms with Crippen molar-refractivity contribution in [1.29, 1.82) is 0 Å². The molecule has 5 heteroatoms. The van der Waals surface area contributed by atoms with Crippen molar-refractivity contribution in [2.45, 2.75) is 12.6 Å². The monoisotopic (exact) mass is 424 g/mol. The molecule has 0 radical (unpaired) electrons. The molecule has 2 unspecified atom stereocenters. The van der Waals surface area contributed by atoms with Gasteiger partial charge in [0.05, 0.1) is 17.6 Å². The van der Waals surface area contributed by atoms with Gasteiger partial charge in [-0.15, -0.1) is 0 Å². The minimum atomic E-state index is -0.233. The molecule has 2 heterocycles. The van der Waals surface area contributed by atoms with Crippen LogP contribution in [-0.4, -0.2) is 28.9 Å². The number of aromatic nitrogens is 2. The van der Waals surface area contributed by atoms with E-state index in [9.17, 15) is 4.39 Å². The first kappa shape index (κ1) is 19.4. The van der Waals surface area contributed by atoms with Crippen LogP contribution in [0.5, 0.6) is 0 Å². The lowest BCUT2D eigenvalue weighted by atomic mass is 10.0. The van der Waals surface area contributed by atoms with Crippen molar-refractivity contribution in [3.63, 3.8) is 0 Å². The molecule has 160 valence electrons. The number of rotatable bonds is 6.